The van der Waals surface area contributed by atoms with Gasteiger partial charge < -0.3 is 4.74 Å². The summed E-state index contributed by atoms with van der Waals surface area (Å²) in [7, 11) is 0. The largest absolute Gasteiger partial charge is 0.403 e. The van der Waals surface area contributed by atoms with Gasteiger partial charge in [0.2, 0.25) is 11.2 Å². The number of aromatic amines is 1. The zero-order chi connectivity index (χ0) is 13.2. The Kier molecular flexibility index (Phi) is 2.84. The van der Waals surface area contributed by atoms with Crippen molar-refractivity contribution < 1.29 is 4.74 Å². The fraction of sp³-hybridized carbons (Fsp3) is 0.100. The van der Waals surface area contributed by atoms with Crippen LogP contribution in [0.25, 0.3) is 5.95 Å². The van der Waals surface area contributed by atoms with Gasteiger partial charge in [0.1, 0.15) is 0 Å². The van der Waals surface area contributed by atoms with Crippen molar-refractivity contribution in [3.05, 3.63) is 35.5 Å². The topological polar surface area (TPSA) is 94.4 Å². The Labute approximate surface area is 112 Å². The smallest absolute Gasteiger partial charge is 0.329 e. The predicted molar refractivity (Wildman–Crippen MR) is 65.4 cm³/mol. The standard InChI is InChI=1S/C10H8ClN7O/c1-6-5-7(17-16-6)19-10-14-8(11)13-9(15-10)18-4-2-3-12-18/h2-5H,1H3,(H,16,17). The lowest BCUT2D eigenvalue weighted by atomic mass is 10.5. The Morgan fingerprint density at radius 1 is 1.32 bits per heavy atom. The van der Waals surface area contributed by atoms with Gasteiger partial charge in [0.15, 0.2) is 0 Å². The molecule has 96 valence electrons. The third-order valence-corrected chi connectivity index (χ3v) is 2.33. The van der Waals surface area contributed by atoms with Gasteiger partial charge in [-0.15, -0.1) is 5.10 Å². The van der Waals surface area contributed by atoms with Crippen LogP contribution in [0.15, 0.2) is 24.5 Å². The number of hydrogen-bond donors (Lipinski definition) is 1. The average Bonchev–Trinajstić information content (AvgIpc) is 3.00. The van der Waals surface area contributed by atoms with Crippen molar-refractivity contribution in [2.24, 2.45) is 0 Å². The van der Waals surface area contributed by atoms with Crippen LogP contribution >= 0.6 is 11.6 Å². The maximum absolute atomic E-state index is 5.83. The molecule has 9 heteroatoms. The molecule has 0 amide bonds. The van der Waals surface area contributed by atoms with E-state index in [1.165, 1.54) is 4.68 Å². The highest BCUT2D eigenvalue weighted by Gasteiger charge is 2.10. The van der Waals surface area contributed by atoms with Crippen molar-refractivity contribution in [2.75, 3.05) is 0 Å². The molecule has 0 radical (unpaired) electrons. The molecule has 0 spiro atoms. The van der Waals surface area contributed by atoms with E-state index in [0.29, 0.717) is 5.88 Å². The molecule has 0 aliphatic carbocycles. The highest BCUT2D eigenvalue weighted by molar-refractivity contribution is 6.28. The minimum Gasteiger partial charge on any atom is -0.403 e. The van der Waals surface area contributed by atoms with Gasteiger partial charge in [-0.25, -0.2) is 4.68 Å². The molecule has 8 nitrogen and oxygen atoms in total. The molecule has 3 aromatic rings. The number of hydrogen-bond acceptors (Lipinski definition) is 6. The summed E-state index contributed by atoms with van der Waals surface area (Å²) in [5, 5.41) is 10.7. The average molecular weight is 278 g/mol. The van der Waals surface area contributed by atoms with Crippen molar-refractivity contribution in [3.63, 3.8) is 0 Å². The number of halogens is 1. The number of nitrogens with zero attached hydrogens (tertiary/aromatic N) is 6. The summed E-state index contributed by atoms with van der Waals surface area (Å²) in [6.45, 7) is 1.86. The molecule has 19 heavy (non-hydrogen) atoms. The second kappa shape index (κ2) is 4.65. The molecule has 3 rings (SSSR count). The number of nitrogens with one attached hydrogen (secondary N) is 1. The van der Waals surface area contributed by atoms with Crippen molar-refractivity contribution in [1.82, 2.24) is 34.9 Å². The molecule has 0 bridgehead atoms. The Bertz CT molecular complexity index is 694. The van der Waals surface area contributed by atoms with Crippen LogP contribution in [0, 0.1) is 6.92 Å². The molecule has 0 aromatic carbocycles. The van der Waals surface area contributed by atoms with Crippen LogP contribution in [-0.2, 0) is 0 Å². The molecule has 0 aliphatic rings. The lowest BCUT2D eigenvalue weighted by Gasteiger charge is -2.03. The molecule has 0 fully saturated rings. The van der Waals surface area contributed by atoms with E-state index in [4.69, 9.17) is 16.3 Å². The van der Waals surface area contributed by atoms with Crippen molar-refractivity contribution in [2.45, 2.75) is 6.92 Å². The van der Waals surface area contributed by atoms with Gasteiger partial charge in [-0.2, -0.15) is 20.1 Å². The molecule has 3 heterocycles. The SMILES string of the molecule is Cc1cc(Oc2nc(Cl)nc(-n3cccn3)n2)n[nH]1. The normalized spacial score (nSPS) is 10.6. The van der Waals surface area contributed by atoms with Gasteiger partial charge >= 0.3 is 6.01 Å². The molecule has 0 atom stereocenters. The van der Waals surface area contributed by atoms with Crippen LogP contribution in [0.4, 0.5) is 0 Å². The minimum absolute atomic E-state index is 0.0164. The van der Waals surface area contributed by atoms with Crippen LogP contribution in [0.1, 0.15) is 5.69 Å². The maximum atomic E-state index is 5.83. The van der Waals surface area contributed by atoms with Gasteiger partial charge in [-0.3, -0.25) is 5.10 Å². The highest BCUT2D eigenvalue weighted by Crippen LogP contribution is 2.17. The van der Waals surface area contributed by atoms with Crippen LogP contribution in [-0.4, -0.2) is 34.9 Å². The minimum atomic E-state index is 0.0164. The fourth-order valence-electron chi connectivity index (χ4n) is 1.40. The third kappa shape index (κ3) is 2.52. The van der Waals surface area contributed by atoms with E-state index >= 15 is 0 Å². The zero-order valence-corrected chi connectivity index (χ0v) is 10.5. The quantitative estimate of drug-likeness (QED) is 0.780. The van der Waals surface area contributed by atoms with E-state index in [2.05, 4.69) is 30.2 Å². The molecule has 3 aromatic heterocycles. The Morgan fingerprint density at radius 2 is 2.21 bits per heavy atom. The van der Waals surface area contributed by atoms with Gasteiger partial charge in [-0.1, -0.05) is 0 Å². The molecule has 0 aliphatic heterocycles. The Morgan fingerprint density at radius 3 is 2.89 bits per heavy atom. The molecule has 0 saturated heterocycles. The summed E-state index contributed by atoms with van der Waals surface area (Å²) >= 11 is 5.83. The third-order valence-electron chi connectivity index (χ3n) is 2.16. The summed E-state index contributed by atoms with van der Waals surface area (Å²) in [5.41, 5.74) is 0.863. The van der Waals surface area contributed by atoms with Gasteiger partial charge in [0.05, 0.1) is 0 Å². The van der Waals surface area contributed by atoms with Crippen molar-refractivity contribution >= 4 is 11.6 Å². The molecule has 0 saturated carbocycles. The summed E-state index contributed by atoms with van der Waals surface area (Å²) in [4.78, 5) is 11.9. The van der Waals surface area contributed by atoms with Crippen LogP contribution in [0.3, 0.4) is 0 Å². The van der Waals surface area contributed by atoms with Gasteiger partial charge in [0.25, 0.3) is 5.95 Å². The number of aromatic nitrogens is 7. The predicted octanol–water partition coefficient (Wildman–Crippen LogP) is 1.53. The Hall–Kier alpha value is -2.48. The van der Waals surface area contributed by atoms with Crippen LogP contribution in [0.5, 0.6) is 11.9 Å². The van der Waals surface area contributed by atoms with Crippen molar-refractivity contribution in [1.29, 1.82) is 0 Å². The first-order chi connectivity index (χ1) is 9.20. The second-order valence-electron chi connectivity index (χ2n) is 3.63. The number of ether oxygens (including phenoxy) is 1. The summed E-state index contributed by atoms with van der Waals surface area (Å²) in [6, 6.07) is 3.51. The zero-order valence-electron chi connectivity index (χ0n) is 9.78. The van der Waals surface area contributed by atoms with E-state index < -0.39 is 0 Å². The van der Waals surface area contributed by atoms with Crippen LogP contribution < -0.4 is 4.74 Å². The van der Waals surface area contributed by atoms with E-state index in [1.54, 1.807) is 24.5 Å². The molecular weight excluding hydrogens is 270 g/mol. The number of aryl methyl sites for hydroxylation is 1. The van der Waals surface area contributed by atoms with E-state index in [-0.39, 0.29) is 17.2 Å². The first kappa shape index (κ1) is 11.6. The maximum Gasteiger partial charge on any atom is 0.329 e. The fourth-order valence-corrected chi connectivity index (χ4v) is 1.54. The van der Waals surface area contributed by atoms with Crippen LogP contribution in [0.2, 0.25) is 5.28 Å². The molecule has 1 N–H and O–H groups in total. The Balaban J connectivity index is 1.94. The van der Waals surface area contributed by atoms with Crippen molar-refractivity contribution in [3.8, 4) is 17.8 Å². The van der Waals surface area contributed by atoms with Gasteiger partial charge in [0, 0.05) is 24.2 Å². The summed E-state index contributed by atoms with van der Waals surface area (Å²) < 4.78 is 6.84. The summed E-state index contributed by atoms with van der Waals surface area (Å²) in [6.07, 6.45) is 3.30. The monoisotopic (exact) mass is 277 g/mol. The molecule has 0 unspecified atom stereocenters. The lowest BCUT2D eigenvalue weighted by molar-refractivity contribution is 0.420. The number of H-pyrrole nitrogens is 1. The summed E-state index contributed by atoms with van der Waals surface area (Å²) in [5.74, 6) is 0.624. The molecular formula is C10H8ClN7O. The first-order valence-corrected chi connectivity index (χ1v) is 5.70. The van der Waals surface area contributed by atoms with E-state index in [1.807, 2.05) is 6.92 Å². The highest BCUT2D eigenvalue weighted by atomic mass is 35.5. The van der Waals surface area contributed by atoms with Gasteiger partial charge in [-0.05, 0) is 24.6 Å². The van der Waals surface area contributed by atoms with E-state index in [9.17, 15) is 0 Å². The van der Waals surface area contributed by atoms with E-state index in [0.717, 1.165) is 5.69 Å². The number of rotatable bonds is 3. The second-order valence-corrected chi connectivity index (χ2v) is 3.97. The lowest BCUT2D eigenvalue weighted by Crippen LogP contribution is -2.05. The first-order valence-electron chi connectivity index (χ1n) is 5.32.